The van der Waals surface area contributed by atoms with Crippen LogP contribution in [-0.2, 0) is 4.79 Å². The van der Waals surface area contributed by atoms with Gasteiger partial charge in [0.1, 0.15) is 6.21 Å². The van der Waals surface area contributed by atoms with Gasteiger partial charge in [-0.1, -0.05) is 41.6 Å². The number of hydrogen-bond acceptors (Lipinski definition) is 3. The Hall–Kier alpha value is -1.90. The highest BCUT2D eigenvalue weighted by Gasteiger charge is 1.89. The summed E-state index contributed by atoms with van der Waals surface area (Å²) in [6, 6.07) is 9.41. The van der Waals surface area contributed by atoms with Crippen LogP contribution in [-0.4, -0.2) is 17.2 Å². The maximum Gasteiger partial charge on any atom is 0.200 e. The van der Waals surface area contributed by atoms with Gasteiger partial charge in [0, 0.05) is 0 Å². The second-order valence-corrected chi connectivity index (χ2v) is 2.39. The molecule has 66 valence electrons. The second kappa shape index (κ2) is 4.87. The molecule has 0 fully saturated rings. The molecule has 0 saturated heterocycles. The smallest absolute Gasteiger partial charge is 0.200 e. The van der Waals surface area contributed by atoms with Gasteiger partial charge in [-0.25, -0.2) is 0 Å². The van der Waals surface area contributed by atoms with Crippen LogP contribution in [0.25, 0.3) is 6.08 Å². The van der Waals surface area contributed by atoms with Gasteiger partial charge in [0.15, 0.2) is 5.78 Å². The Morgan fingerprint density at radius 3 is 2.62 bits per heavy atom. The van der Waals surface area contributed by atoms with Crippen LogP contribution in [0.4, 0.5) is 0 Å². The summed E-state index contributed by atoms with van der Waals surface area (Å²) in [6.07, 6.45) is 3.85. The van der Waals surface area contributed by atoms with Crippen molar-refractivity contribution >= 4 is 18.1 Å². The van der Waals surface area contributed by atoms with Crippen LogP contribution in [0.3, 0.4) is 0 Å². The van der Waals surface area contributed by atoms with Gasteiger partial charge in [-0.05, 0) is 11.6 Å². The Labute approximate surface area is 76.0 Å². The first kappa shape index (κ1) is 9.19. The molecule has 1 aromatic rings. The van der Waals surface area contributed by atoms with Gasteiger partial charge in [0.05, 0.1) is 0 Å². The standard InChI is InChI=1S/C10H9NO2/c12-10(8-11-13)7-6-9-4-2-1-3-5-9/h1-8,13H/b7-6+,11-8+. The third-order valence-corrected chi connectivity index (χ3v) is 1.42. The van der Waals surface area contributed by atoms with Crippen LogP contribution >= 0.6 is 0 Å². The predicted octanol–water partition coefficient (Wildman–Crippen LogP) is 1.73. The van der Waals surface area contributed by atoms with Gasteiger partial charge in [-0.3, -0.25) is 4.79 Å². The average molecular weight is 175 g/mol. The minimum Gasteiger partial charge on any atom is -0.411 e. The van der Waals surface area contributed by atoms with E-state index < -0.39 is 0 Å². The normalized spacial score (nSPS) is 11.1. The van der Waals surface area contributed by atoms with E-state index in [2.05, 4.69) is 5.16 Å². The van der Waals surface area contributed by atoms with Crippen LogP contribution in [0, 0.1) is 0 Å². The topological polar surface area (TPSA) is 49.7 Å². The molecule has 13 heavy (non-hydrogen) atoms. The lowest BCUT2D eigenvalue weighted by Gasteiger charge is -1.88. The number of carbonyl (C=O) groups excluding carboxylic acids is 1. The zero-order valence-corrected chi connectivity index (χ0v) is 6.92. The zero-order valence-electron chi connectivity index (χ0n) is 6.92. The number of nitrogens with zero attached hydrogens (tertiary/aromatic N) is 1. The highest BCUT2D eigenvalue weighted by Crippen LogP contribution is 2.00. The molecule has 1 rings (SSSR count). The van der Waals surface area contributed by atoms with Gasteiger partial charge in [0.2, 0.25) is 0 Å². The molecule has 0 spiro atoms. The van der Waals surface area contributed by atoms with Crippen molar-refractivity contribution in [2.24, 2.45) is 5.16 Å². The fourth-order valence-electron chi connectivity index (χ4n) is 0.842. The van der Waals surface area contributed by atoms with Crippen molar-refractivity contribution in [2.45, 2.75) is 0 Å². The molecule has 0 heterocycles. The summed E-state index contributed by atoms with van der Waals surface area (Å²) in [7, 11) is 0. The number of allylic oxidation sites excluding steroid dienone is 1. The van der Waals surface area contributed by atoms with Crippen molar-refractivity contribution in [1.82, 2.24) is 0 Å². The van der Waals surface area contributed by atoms with E-state index in [0.29, 0.717) is 0 Å². The summed E-state index contributed by atoms with van der Waals surface area (Å²) in [5.41, 5.74) is 0.933. The Morgan fingerprint density at radius 2 is 2.00 bits per heavy atom. The third-order valence-electron chi connectivity index (χ3n) is 1.42. The van der Waals surface area contributed by atoms with E-state index in [4.69, 9.17) is 5.21 Å². The summed E-state index contributed by atoms with van der Waals surface area (Å²) in [4.78, 5) is 10.8. The molecule has 0 aliphatic heterocycles. The predicted molar refractivity (Wildman–Crippen MR) is 50.8 cm³/mol. The number of rotatable bonds is 3. The molecule has 3 nitrogen and oxygen atoms in total. The maximum atomic E-state index is 10.8. The molecule has 0 bridgehead atoms. The largest absolute Gasteiger partial charge is 0.411 e. The monoisotopic (exact) mass is 175 g/mol. The molecule has 0 aliphatic carbocycles. The van der Waals surface area contributed by atoms with Gasteiger partial charge in [0.25, 0.3) is 0 Å². The molecule has 0 aliphatic rings. The van der Waals surface area contributed by atoms with Crippen LogP contribution in [0.2, 0.25) is 0 Å². The van der Waals surface area contributed by atoms with Crippen molar-refractivity contribution in [3.63, 3.8) is 0 Å². The SMILES string of the molecule is O=C(/C=C/c1ccccc1)/C=N/O. The van der Waals surface area contributed by atoms with Crippen LogP contribution < -0.4 is 0 Å². The van der Waals surface area contributed by atoms with Gasteiger partial charge >= 0.3 is 0 Å². The molecule has 0 atom stereocenters. The van der Waals surface area contributed by atoms with Gasteiger partial charge in [-0.15, -0.1) is 0 Å². The Kier molecular flexibility index (Phi) is 3.45. The molecule has 0 saturated carbocycles. The van der Waals surface area contributed by atoms with E-state index in [0.717, 1.165) is 11.8 Å². The number of carbonyl (C=O) groups is 1. The van der Waals surface area contributed by atoms with Crippen molar-refractivity contribution in [1.29, 1.82) is 0 Å². The molecule has 0 unspecified atom stereocenters. The number of benzene rings is 1. The van der Waals surface area contributed by atoms with Crippen molar-refractivity contribution in [2.75, 3.05) is 0 Å². The highest BCUT2D eigenvalue weighted by atomic mass is 16.4. The molecule has 1 aromatic carbocycles. The Balaban J connectivity index is 2.64. The summed E-state index contributed by atoms with van der Waals surface area (Å²) in [5.74, 6) is -0.341. The average Bonchev–Trinajstić information content (AvgIpc) is 2.17. The van der Waals surface area contributed by atoms with Crippen LogP contribution in [0.1, 0.15) is 5.56 Å². The first-order valence-electron chi connectivity index (χ1n) is 3.77. The van der Waals surface area contributed by atoms with Crippen molar-refractivity contribution < 1.29 is 10.0 Å². The summed E-state index contributed by atoms with van der Waals surface area (Å²) >= 11 is 0. The van der Waals surface area contributed by atoms with Crippen molar-refractivity contribution in [3.8, 4) is 0 Å². The lowest BCUT2D eigenvalue weighted by Crippen LogP contribution is -1.92. The molecule has 0 aromatic heterocycles. The number of oxime groups is 1. The van der Waals surface area contributed by atoms with E-state index in [9.17, 15) is 4.79 Å². The first-order chi connectivity index (χ1) is 6.33. The van der Waals surface area contributed by atoms with Gasteiger partial charge in [-0.2, -0.15) is 0 Å². The summed E-state index contributed by atoms with van der Waals surface area (Å²) in [5, 5.41) is 10.7. The number of ketones is 1. The van der Waals surface area contributed by atoms with E-state index in [1.807, 2.05) is 30.3 Å². The van der Waals surface area contributed by atoms with E-state index in [-0.39, 0.29) is 5.78 Å². The minimum atomic E-state index is -0.341. The zero-order chi connectivity index (χ0) is 9.52. The fourth-order valence-corrected chi connectivity index (χ4v) is 0.842. The lowest BCUT2D eigenvalue weighted by molar-refractivity contribution is -0.108. The third kappa shape index (κ3) is 3.33. The highest BCUT2D eigenvalue weighted by molar-refractivity contribution is 6.33. The van der Waals surface area contributed by atoms with E-state index in [1.165, 1.54) is 6.08 Å². The summed E-state index contributed by atoms with van der Waals surface area (Å²) in [6.45, 7) is 0. The van der Waals surface area contributed by atoms with E-state index >= 15 is 0 Å². The second-order valence-electron chi connectivity index (χ2n) is 2.39. The Morgan fingerprint density at radius 1 is 1.31 bits per heavy atom. The van der Waals surface area contributed by atoms with Crippen LogP contribution in [0.15, 0.2) is 41.6 Å². The molecular formula is C10H9NO2. The lowest BCUT2D eigenvalue weighted by atomic mass is 10.2. The van der Waals surface area contributed by atoms with Gasteiger partial charge < -0.3 is 5.21 Å². The summed E-state index contributed by atoms with van der Waals surface area (Å²) < 4.78 is 0. The van der Waals surface area contributed by atoms with Crippen LogP contribution in [0.5, 0.6) is 0 Å². The minimum absolute atomic E-state index is 0.341. The molecule has 0 radical (unpaired) electrons. The maximum absolute atomic E-state index is 10.8. The fraction of sp³-hybridized carbons (Fsp3) is 0. The molecule has 0 amide bonds. The Bertz CT molecular complexity index is 328. The molecule has 1 N–H and O–H groups in total. The quantitative estimate of drug-likeness (QED) is 0.329. The van der Waals surface area contributed by atoms with E-state index in [1.54, 1.807) is 6.08 Å². The molecule has 3 heteroatoms. The van der Waals surface area contributed by atoms with Crippen molar-refractivity contribution in [3.05, 3.63) is 42.0 Å². The number of hydrogen-bond donors (Lipinski definition) is 1. The first-order valence-corrected chi connectivity index (χ1v) is 3.77. The molecular weight excluding hydrogens is 166 g/mol.